The number of nitrogens with zero attached hydrogens (tertiary/aromatic N) is 5. The average Bonchev–Trinajstić information content (AvgIpc) is 2.84. The minimum Gasteiger partial charge on any atom is -0.366 e. The van der Waals surface area contributed by atoms with E-state index < -0.39 is 0 Å². The molecule has 6 heteroatoms. The van der Waals surface area contributed by atoms with E-state index in [0.29, 0.717) is 0 Å². The Morgan fingerprint density at radius 2 is 2.13 bits per heavy atom. The van der Waals surface area contributed by atoms with Gasteiger partial charge in [0, 0.05) is 11.3 Å². The molecule has 0 aliphatic heterocycles. The lowest BCUT2D eigenvalue weighted by atomic mass is 10.2. The fourth-order valence-corrected chi connectivity index (χ4v) is 1.92. The quantitative estimate of drug-likeness (QED) is 0.710. The molecule has 0 saturated carbocycles. The Morgan fingerprint density at radius 3 is 2.93 bits per heavy atom. The third-order valence-electron chi connectivity index (χ3n) is 2.58. The number of rotatable bonds is 1. The van der Waals surface area contributed by atoms with E-state index in [-0.39, 0.29) is 5.95 Å². The highest BCUT2D eigenvalue weighted by atomic mass is 15.4. The zero-order valence-corrected chi connectivity index (χ0v) is 8.09. The van der Waals surface area contributed by atoms with Crippen molar-refractivity contribution in [3.8, 4) is 5.82 Å². The number of nitrogen functional groups attached to an aromatic ring is 1. The number of nitrogens with two attached hydrogens (primary N) is 1. The van der Waals surface area contributed by atoms with E-state index in [1.54, 1.807) is 17.3 Å². The zero-order valence-electron chi connectivity index (χ0n) is 8.09. The Morgan fingerprint density at radius 1 is 1.20 bits per heavy atom. The molecule has 0 aromatic carbocycles. The lowest BCUT2D eigenvalue weighted by Crippen LogP contribution is -2.05. The van der Waals surface area contributed by atoms with Crippen LogP contribution in [0.4, 0.5) is 5.95 Å². The Kier molecular flexibility index (Phi) is 1.67. The molecule has 0 spiro atoms. The second kappa shape index (κ2) is 3.01. The van der Waals surface area contributed by atoms with Crippen LogP contribution in [-0.4, -0.2) is 24.7 Å². The fourth-order valence-electron chi connectivity index (χ4n) is 1.92. The molecule has 2 heterocycles. The highest BCUT2D eigenvalue weighted by Crippen LogP contribution is 2.23. The molecule has 0 fully saturated rings. The van der Waals surface area contributed by atoms with Crippen LogP contribution in [-0.2, 0) is 12.8 Å². The van der Waals surface area contributed by atoms with Gasteiger partial charge in [-0.3, -0.25) is 0 Å². The lowest BCUT2D eigenvalue weighted by molar-refractivity contribution is 0.821. The predicted octanol–water partition coefficient (Wildman–Crippen LogP) is 0.128. The van der Waals surface area contributed by atoms with Crippen LogP contribution >= 0.6 is 0 Å². The normalized spacial score (nSPS) is 14.1. The van der Waals surface area contributed by atoms with Crippen LogP contribution < -0.4 is 5.73 Å². The van der Waals surface area contributed by atoms with Gasteiger partial charge in [0.25, 0.3) is 0 Å². The Labute approximate surface area is 86.2 Å². The van der Waals surface area contributed by atoms with Crippen LogP contribution in [0.3, 0.4) is 0 Å². The van der Waals surface area contributed by atoms with E-state index in [9.17, 15) is 0 Å². The molecular formula is C9H10N6. The summed E-state index contributed by atoms with van der Waals surface area (Å²) in [6, 6.07) is 0. The van der Waals surface area contributed by atoms with E-state index in [1.807, 2.05) is 0 Å². The van der Waals surface area contributed by atoms with Crippen molar-refractivity contribution in [2.75, 3.05) is 5.73 Å². The van der Waals surface area contributed by atoms with Crippen LogP contribution in [0.2, 0.25) is 0 Å². The highest BCUT2D eigenvalue weighted by molar-refractivity contribution is 5.38. The van der Waals surface area contributed by atoms with E-state index in [2.05, 4.69) is 20.1 Å². The van der Waals surface area contributed by atoms with Crippen molar-refractivity contribution in [2.45, 2.75) is 19.3 Å². The van der Waals surface area contributed by atoms with Gasteiger partial charge in [0.05, 0.1) is 0 Å². The smallest absolute Gasteiger partial charge is 0.239 e. The largest absolute Gasteiger partial charge is 0.366 e. The molecule has 0 unspecified atom stereocenters. The molecule has 0 atom stereocenters. The molecule has 2 aromatic rings. The van der Waals surface area contributed by atoms with Crippen molar-refractivity contribution in [3.63, 3.8) is 0 Å². The Balaban J connectivity index is 2.16. The monoisotopic (exact) mass is 202 g/mol. The summed E-state index contributed by atoms with van der Waals surface area (Å²) in [5.74, 6) is 1.07. The molecule has 6 nitrogen and oxygen atoms in total. The highest BCUT2D eigenvalue weighted by Gasteiger charge is 2.18. The summed E-state index contributed by atoms with van der Waals surface area (Å²) in [5, 5.41) is 4.05. The summed E-state index contributed by atoms with van der Waals surface area (Å²) in [4.78, 5) is 12.4. The van der Waals surface area contributed by atoms with Crippen LogP contribution in [0, 0.1) is 0 Å². The van der Waals surface area contributed by atoms with Crippen molar-refractivity contribution in [1.29, 1.82) is 0 Å². The molecule has 0 saturated heterocycles. The maximum atomic E-state index is 5.47. The van der Waals surface area contributed by atoms with Crippen LogP contribution in [0.1, 0.15) is 17.7 Å². The number of aryl methyl sites for hydroxylation is 1. The van der Waals surface area contributed by atoms with E-state index in [1.165, 1.54) is 5.56 Å². The molecule has 0 radical (unpaired) electrons. The second-order valence-corrected chi connectivity index (χ2v) is 3.52. The van der Waals surface area contributed by atoms with Gasteiger partial charge < -0.3 is 5.73 Å². The molecule has 1 aliphatic rings. The third kappa shape index (κ3) is 1.25. The van der Waals surface area contributed by atoms with Crippen molar-refractivity contribution in [3.05, 3.63) is 23.9 Å². The zero-order chi connectivity index (χ0) is 10.3. The van der Waals surface area contributed by atoms with Gasteiger partial charge in [0.15, 0.2) is 5.82 Å². The predicted molar refractivity (Wildman–Crippen MR) is 53.4 cm³/mol. The molecular weight excluding hydrogens is 192 g/mol. The maximum Gasteiger partial charge on any atom is 0.239 e. The van der Waals surface area contributed by atoms with Gasteiger partial charge >= 0.3 is 0 Å². The molecule has 2 N–H and O–H groups in total. The van der Waals surface area contributed by atoms with Crippen molar-refractivity contribution in [1.82, 2.24) is 24.7 Å². The topological polar surface area (TPSA) is 82.5 Å². The molecule has 76 valence electrons. The SMILES string of the molecule is Nc1ncn(-c2ncnc3c2CCC3)n1. The third-order valence-corrected chi connectivity index (χ3v) is 2.58. The Bertz CT molecular complexity index is 503. The number of hydrogen-bond donors (Lipinski definition) is 1. The number of hydrogen-bond acceptors (Lipinski definition) is 5. The molecule has 3 rings (SSSR count). The maximum absolute atomic E-state index is 5.47. The lowest BCUT2D eigenvalue weighted by Gasteiger charge is -2.04. The first-order chi connectivity index (χ1) is 7.34. The number of aromatic nitrogens is 5. The number of fused-ring (bicyclic) bond motifs is 1. The standard InChI is InChI=1S/C9H10N6/c10-9-13-5-15(14-9)8-6-2-1-3-7(6)11-4-12-8/h4-5H,1-3H2,(H2,10,14). The fraction of sp³-hybridized carbons (Fsp3) is 0.333. The summed E-state index contributed by atoms with van der Waals surface area (Å²) in [5.41, 5.74) is 7.76. The number of anilines is 1. The minimum absolute atomic E-state index is 0.264. The first-order valence-electron chi connectivity index (χ1n) is 4.85. The summed E-state index contributed by atoms with van der Waals surface area (Å²) in [7, 11) is 0. The second-order valence-electron chi connectivity index (χ2n) is 3.52. The first-order valence-corrected chi connectivity index (χ1v) is 4.85. The van der Waals surface area contributed by atoms with Gasteiger partial charge in [-0.25, -0.2) is 19.6 Å². The molecule has 1 aliphatic carbocycles. The average molecular weight is 202 g/mol. The van der Waals surface area contributed by atoms with Gasteiger partial charge in [-0.15, -0.1) is 5.10 Å². The van der Waals surface area contributed by atoms with E-state index in [0.717, 1.165) is 30.8 Å². The first kappa shape index (κ1) is 8.34. The van der Waals surface area contributed by atoms with Crippen molar-refractivity contribution in [2.24, 2.45) is 0 Å². The Hall–Kier alpha value is -1.98. The minimum atomic E-state index is 0.264. The molecule has 15 heavy (non-hydrogen) atoms. The van der Waals surface area contributed by atoms with Crippen LogP contribution in [0.25, 0.3) is 5.82 Å². The molecule has 0 amide bonds. The van der Waals surface area contributed by atoms with Crippen molar-refractivity contribution >= 4 is 5.95 Å². The van der Waals surface area contributed by atoms with E-state index >= 15 is 0 Å². The molecule has 0 bridgehead atoms. The summed E-state index contributed by atoms with van der Waals surface area (Å²) in [6.07, 6.45) is 6.30. The van der Waals surface area contributed by atoms with E-state index in [4.69, 9.17) is 5.73 Å². The van der Waals surface area contributed by atoms with Gasteiger partial charge in [-0.2, -0.15) is 0 Å². The summed E-state index contributed by atoms with van der Waals surface area (Å²) >= 11 is 0. The van der Waals surface area contributed by atoms with Gasteiger partial charge in [0.2, 0.25) is 5.95 Å². The van der Waals surface area contributed by atoms with Gasteiger partial charge in [-0.05, 0) is 19.3 Å². The van der Waals surface area contributed by atoms with Gasteiger partial charge in [-0.1, -0.05) is 0 Å². The summed E-state index contributed by atoms with van der Waals surface area (Å²) in [6.45, 7) is 0. The van der Waals surface area contributed by atoms with Crippen molar-refractivity contribution < 1.29 is 0 Å². The van der Waals surface area contributed by atoms with Gasteiger partial charge in [0.1, 0.15) is 12.7 Å². The molecule has 2 aromatic heterocycles. The summed E-state index contributed by atoms with van der Waals surface area (Å²) < 4.78 is 1.61. The van der Waals surface area contributed by atoms with Crippen LogP contribution in [0.5, 0.6) is 0 Å². The van der Waals surface area contributed by atoms with Crippen LogP contribution in [0.15, 0.2) is 12.7 Å².